The van der Waals surface area contributed by atoms with E-state index in [1.807, 2.05) is 11.3 Å². The van der Waals surface area contributed by atoms with Gasteiger partial charge in [0.2, 0.25) is 5.95 Å². The van der Waals surface area contributed by atoms with E-state index in [0.717, 1.165) is 33.5 Å². The second kappa shape index (κ2) is 11.5. The van der Waals surface area contributed by atoms with E-state index in [4.69, 9.17) is 9.97 Å². The molecule has 0 saturated carbocycles. The first kappa shape index (κ1) is 29.1. The number of hydrogen-bond acceptors (Lipinski definition) is 3. The molecule has 3 nitrogen and oxygen atoms in total. The number of fused-ring (bicyclic) bond motifs is 11. The van der Waals surface area contributed by atoms with E-state index >= 15 is 0 Å². The smallest absolute Gasteiger partial charge is 0.235 e. The Labute approximate surface area is 303 Å². The lowest BCUT2D eigenvalue weighted by atomic mass is 9.97. The summed E-state index contributed by atoms with van der Waals surface area (Å²) in [6, 6.07) is 62.8. The van der Waals surface area contributed by atoms with Crippen LogP contribution in [0.4, 0.5) is 0 Å². The lowest BCUT2D eigenvalue weighted by Crippen LogP contribution is -2.04. The van der Waals surface area contributed by atoms with Gasteiger partial charge >= 0.3 is 0 Å². The number of rotatable bonds is 4. The summed E-state index contributed by atoms with van der Waals surface area (Å²) >= 11 is 1.87. The zero-order chi connectivity index (χ0) is 34.2. The van der Waals surface area contributed by atoms with Crippen LogP contribution in [0.3, 0.4) is 0 Å². The first-order valence-electron chi connectivity index (χ1n) is 17.6. The van der Waals surface area contributed by atoms with Gasteiger partial charge in [-0.05, 0) is 45.5 Å². The van der Waals surface area contributed by atoms with Gasteiger partial charge in [0, 0.05) is 47.5 Å². The van der Waals surface area contributed by atoms with Crippen LogP contribution in [0.1, 0.15) is 0 Å². The van der Waals surface area contributed by atoms with E-state index in [0.29, 0.717) is 5.95 Å². The highest BCUT2D eigenvalue weighted by Crippen LogP contribution is 2.47. The molecule has 0 fully saturated rings. The summed E-state index contributed by atoms with van der Waals surface area (Å²) in [5.74, 6) is 0.660. The normalized spacial score (nSPS) is 11.8. The Morgan fingerprint density at radius 2 is 1.02 bits per heavy atom. The topological polar surface area (TPSA) is 30.7 Å². The number of thiophene rings is 1. The van der Waals surface area contributed by atoms with Crippen molar-refractivity contribution in [3.63, 3.8) is 0 Å². The molecule has 8 aromatic carbocycles. The van der Waals surface area contributed by atoms with Gasteiger partial charge in [-0.15, -0.1) is 11.3 Å². The van der Waals surface area contributed by atoms with E-state index in [-0.39, 0.29) is 0 Å². The minimum atomic E-state index is 0.660. The van der Waals surface area contributed by atoms with Crippen molar-refractivity contribution in [1.29, 1.82) is 0 Å². The van der Waals surface area contributed by atoms with Crippen molar-refractivity contribution >= 4 is 74.9 Å². The largest absolute Gasteiger partial charge is 0.277 e. The van der Waals surface area contributed by atoms with Crippen LogP contribution in [0.25, 0.3) is 103 Å². The molecule has 0 aliphatic rings. The predicted molar refractivity (Wildman–Crippen MR) is 221 cm³/mol. The third kappa shape index (κ3) is 4.38. The standard InChI is InChI=1S/C48H29N3S/c1-2-14-32(15-3-1)40-29-41(33-27-25-31(26-28-33)35-22-12-16-30-13-4-5-17-34(30)35)50-48(49-40)51-42-23-10-8-20-38(42)44-36-18-6-7-19-37(36)47-45(46(44)51)39-21-9-11-24-43(39)52-47/h1-29H. The van der Waals surface area contributed by atoms with E-state index < -0.39 is 0 Å². The molecule has 0 aliphatic carbocycles. The summed E-state index contributed by atoms with van der Waals surface area (Å²) in [5, 5.41) is 9.95. The Balaban J connectivity index is 1.21. The highest BCUT2D eigenvalue weighted by molar-refractivity contribution is 7.27. The van der Waals surface area contributed by atoms with E-state index in [2.05, 4.69) is 180 Å². The van der Waals surface area contributed by atoms with Gasteiger partial charge in [-0.3, -0.25) is 4.57 Å². The van der Waals surface area contributed by atoms with Crippen molar-refractivity contribution in [3.8, 4) is 39.6 Å². The van der Waals surface area contributed by atoms with Gasteiger partial charge in [-0.25, -0.2) is 9.97 Å². The average Bonchev–Trinajstić information content (AvgIpc) is 3.78. The van der Waals surface area contributed by atoms with E-state index in [1.165, 1.54) is 63.6 Å². The molecule has 0 amide bonds. The molecule has 0 unspecified atom stereocenters. The Kier molecular flexibility index (Phi) is 6.42. The van der Waals surface area contributed by atoms with Crippen molar-refractivity contribution in [1.82, 2.24) is 14.5 Å². The molecule has 11 aromatic rings. The summed E-state index contributed by atoms with van der Waals surface area (Å²) in [5.41, 5.74) is 8.51. The maximum atomic E-state index is 5.43. The summed E-state index contributed by atoms with van der Waals surface area (Å²) in [6.45, 7) is 0. The number of aromatic nitrogens is 3. The van der Waals surface area contributed by atoms with Gasteiger partial charge < -0.3 is 0 Å². The fourth-order valence-corrected chi connectivity index (χ4v) is 9.31. The van der Waals surface area contributed by atoms with Crippen LogP contribution in [0, 0.1) is 0 Å². The van der Waals surface area contributed by atoms with Gasteiger partial charge in [-0.2, -0.15) is 0 Å². The molecule has 0 atom stereocenters. The number of hydrogen-bond donors (Lipinski definition) is 0. The van der Waals surface area contributed by atoms with Crippen LogP contribution in [0.2, 0.25) is 0 Å². The molecular weight excluding hydrogens is 651 g/mol. The fraction of sp³-hybridized carbons (Fsp3) is 0. The molecule has 0 saturated heterocycles. The van der Waals surface area contributed by atoms with Crippen LogP contribution in [-0.4, -0.2) is 14.5 Å². The molecular formula is C48H29N3S. The molecule has 0 radical (unpaired) electrons. The number of para-hydroxylation sites is 1. The Hall–Kier alpha value is -6.62. The van der Waals surface area contributed by atoms with Crippen molar-refractivity contribution < 1.29 is 0 Å². The van der Waals surface area contributed by atoms with Crippen LogP contribution in [0.5, 0.6) is 0 Å². The van der Waals surface area contributed by atoms with Gasteiger partial charge in [-0.1, -0.05) is 158 Å². The van der Waals surface area contributed by atoms with Gasteiger partial charge in [0.15, 0.2) is 0 Å². The third-order valence-electron chi connectivity index (χ3n) is 10.4. The molecule has 242 valence electrons. The van der Waals surface area contributed by atoms with Gasteiger partial charge in [0.25, 0.3) is 0 Å². The zero-order valence-electron chi connectivity index (χ0n) is 28.0. The summed E-state index contributed by atoms with van der Waals surface area (Å²) in [7, 11) is 0. The molecule has 11 rings (SSSR count). The van der Waals surface area contributed by atoms with E-state index in [9.17, 15) is 0 Å². The predicted octanol–water partition coefficient (Wildman–Crippen LogP) is 13.2. The van der Waals surface area contributed by atoms with Crippen LogP contribution in [-0.2, 0) is 0 Å². The van der Waals surface area contributed by atoms with Crippen molar-refractivity contribution in [3.05, 3.63) is 176 Å². The quantitative estimate of drug-likeness (QED) is 0.185. The maximum absolute atomic E-state index is 5.43. The first-order valence-corrected chi connectivity index (χ1v) is 18.4. The maximum Gasteiger partial charge on any atom is 0.235 e. The SMILES string of the molecule is c1ccc(-c2cc(-c3ccc(-c4cccc5ccccc45)cc3)nc(-n3c4ccccc4c4c5ccccc5c5sc6ccccc6c5c43)n2)cc1. The van der Waals surface area contributed by atoms with Gasteiger partial charge in [0.1, 0.15) is 0 Å². The number of nitrogens with zero attached hydrogens (tertiary/aromatic N) is 3. The molecule has 4 heteroatoms. The Morgan fingerprint density at radius 3 is 1.83 bits per heavy atom. The minimum absolute atomic E-state index is 0.660. The van der Waals surface area contributed by atoms with Crippen molar-refractivity contribution in [2.45, 2.75) is 0 Å². The highest BCUT2D eigenvalue weighted by Gasteiger charge is 2.23. The lowest BCUT2D eigenvalue weighted by molar-refractivity contribution is 0.998. The second-order valence-corrected chi connectivity index (χ2v) is 14.4. The lowest BCUT2D eigenvalue weighted by Gasteiger charge is -2.13. The summed E-state index contributed by atoms with van der Waals surface area (Å²) in [6.07, 6.45) is 0. The summed E-state index contributed by atoms with van der Waals surface area (Å²) < 4.78 is 4.88. The minimum Gasteiger partial charge on any atom is -0.277 e. The van der Waals surface area contributed by atoms with Crippen LogP contribution in [0.15, 0.2) is 176 Å². The molecule has 3 aromatic heterocycles. The second-order valence-electron chi connectivity index (χ2n) is 13.3. The number of benzene rings is 8. The molecule has 52 heavy (non-hydrogen) atoms. The fourth-order valence-electron chi connectivity index (χ4n) is 8.06. The Bertz CT molecular complexity index is 3170. The zero-order valence-corrected chi connectivity index (χ0v) is 28.8. The molecule has 0 N–H and O–H groups in total. The molecule has 3 heterocycles. The molecule has 0 spiro atoms. The summed E-state index contributed by atoms with van der Waals surface area (Å²) in [4.78, 5) is 10.8. The average molecular weight is 680 g/mol. The highest BCUT2D eigenvalue weighted by atomic mass is 32.1. The molecule has 0 aliphatic heterocycles. The van der Waals surface area contributed by atoms with E-state index in [1.54, 1.807) is 0 Å². The monoisotopic (exact) mass is 679 g/mol. The third-order valence-corrected chi connectivity index (χ3v) is 11.6. The van der Waals surface area contributed by atoms with Crippen LogP contribution >= 0.6 is 11.3 Å². The van der Waals surface area contributed by atoms with Gasteiger partial charge in [0.05, 0.1) is 22.4 Å². The molecule has 0 bridgehead atoms. The first-order chi connectivity index (χ1) is 25.8. The van der Waals surface area contributed by atoms with Crippen LogP contribution < -0.4 is 0 Å². The Morgan fingerprint density at radius 1 is 0.423 bits per heavy atom. The van der Waals surface area contributed by atoms with Crippen molar-refractivity contribution in [2.75, 3.05) is 0 Å². The van der Waals surface area contributed by atoms with Crippen molar-refractivity contribution in [2.24, 2.45) is 0 Å².